The number of pyridine rings is 1. The van der Waals surface area contributed by atoms with E-state index in [0.29, 0.717) is 11.3 Å². The van der Waals surface area contributed by atoms with Crippen molar-refractivity contribution in [1.82, 2.24) is 4.98 Å². The fraction of sp³-hybridized carbons (Fsp3) is 0.267. The lowest BCUT2D eigenvalue weighted by atomic mass is 10.0. The summed E-state index contributed by atoms with van der Waals surface area (Å²) in [6.07, 6.45) is 2.65. The van der Waals surface area contributed by atoms with E-state index in [4.69, 9.17) is 4.74 Å². The Morgan fingerprint density at radius 3 is 2.70 bits per heavy atom. The maximum absolute atomic E-state index is 10.5. The summed E-state index contributed by atoms with van der Waals surface area (Å²) in [5, 5.41) is 10.5. The maximum Gasteiger partial charge on any atom is 0.138 e. The van der Waals surface area contributed by atoms with Crippen LogP contribution in [-0.4, -0.2) is 16.2 Å². The SMILES string of the molecule is CC(C)Oc1cncc(C(O)c2cc(I)ccc2Br)c1. The molecule has 0 radical (unpaired) electrons. The average molecular weight is 448 g/mol. The molecule has 0 aliphatic rings. The highest BCUT2D eigenvalue weighted by Crippen LogP contribution is 2.31. The highest BCUT2D eigenvalue weighted by molar-refractivity contribution is 14.1. The van der Waals surface area contributed by atoms with Crippen LogP contribution in [0, 0.1) is 3.57 Å². The first-order valence-corrected chi connectivity index (χ1v) is 8.09. The molecule has 0 aliphatic carbocycles. The van der Waals surface area contributed by atoms with Gasteiger partial charge in [-0.2, -0.15) is 0 Å². The van der Waals surface area contributed by atoms with Crippen LogP contribution in [0.4, 0.5) is 0 Å². The minimum Gasteiger partial charge on any atom is -0.489 e. The Hall–Kier alpha value is -0.660. The summed E-state index contributed by atoms with van der Waals surface area (Å²) in [7, 11) is 0. The fourth-order valence-corrected chi connectivity index (χ4v) is 2.80. The van der Waals surface area contributed by atoms with Gasteiger partial charge in [0, 0.05) is 25.4 Å². The van der Waals surface area contributed by atoms with E-state index in [1.807, 2.05) is 38.1 Å². The van der Waals surface area contributed by atoms with E-state index in [0.717, 1.165) is 13.6 Å². The van der Waals surface area contributed by atoms with Crippen LogP contribution in [0.2, 0.25) is 0 Å². The Balaban J connectivity index is 2.33. The Morgan fingerprint density at radius 1 is 1.25 bits per heavy atom. The monoisotopic (exact) mass is 447 g/mol. The zero-order valence-electron chi connectivity index (χ0n) is 11.2. The van der Waals surface area contributed by atoms with Gasteiger partial charge < -0.3 is 9.84 Å². The highest BCUT2D eigenvalue weighted by atomic mass is 127. The quantitative estimate of drug-likeness (QED) is 0.710. The van der Waals surface area contributed by atoms with Crippen LogP contribution in [-0.2, 0) is 0 Å². The van der Waals surface area contributed by atoms with E-state index in [1.165, 1.54) is 0 Å². The third kappa shape index (κ3) is 3.93. The number of aliphatic hydroxyl groups is 1. The predicted molar refractivity (Wildman–Crippen MR) is 90.9 cm³/mol. The molecular weight excluding hydrogens is 433 g/mol. The first-order valence-electron chi connectivity index (χ1n) is 6.22. The fourth-order valence-electron chi connectivity index (χ4n) is 1.83. The molecular formula is C15H15BrINO2. The smallest absolute Gasteiger partial charge is 0.138 e. The van der Waals surface area contributed by atoms with Crippen molar-refractivity contribution in [3.63, 3.8) is 0 Å². The summed E-state index contributed by atoms with van der Waals surface area (Å²) in [5.74, 6) is 0.665. The van der Waals surface area contributed by atoms with Gasteiger partial charge in [0.25, 0.3) is 0 Å². The molecule has 5 heteroatoms. The summed E-state index contributed by atoms with van der Waals surface area (Å²) in [5.41, 5.74) is 1.53. The van der Waals surface area contributed by atoms with E-state index in [2.05, 4.69) is 43.5 Å². The van der Waals surface area contributed by atoms with Gasteiger partial charge in [0.05, 0.1) is 12.3 Å². The Labute approximate surface area is 140 Å². The average Bonchev–Trinajstić information content (AvgIpc) is 2.40. The first-order chi connectivity index (χ1) is 9.47. The molecule has 0 aliphatic heterocycles. The highest BCUT2D eigenvalue weighted by Gasteiger charge is 2.15. The third-order valence-electron chi connectivity index (χ3n) is 2.67. The van der Waals surface area contributed by atoms with Crippen molar-refractivity contribution in [1.29, 1.82) is 0 Å². The van der Waals surface area contributed by atoms with Crippen molar-refractivity contribution in [3.8, 4) is 5.75 Å². The van der Waals surface area contributed by atoms with Gasteiger partial charge in [0.1, 0.15) is 11.9 Å². The Kier molecular flexibility index (Phi) is 5.40. The lowest BCUT2D eigenvalue weighted by Gasteiger charge is -2.15. The summed E-state index contributed by atoms with van der Waals surface area (Å²) < 4.78 is 7.56. The molecule has 2 aromatic rings. The normalized spacial score (nSPS) is 12.5. The van der Waals surface area contributed by atoms with Crippen molar-refractivity contribution in [2.75, 3.05) is 0 Å². The summed E-state index contributed by atoms with van der Waals surface area (Å²) in [6.45, 7) is 3.92. The van der Waals surface area contributed by atoms with Gasteiger partial charge in [0.15, 0.2) is 0 Å². The number of rotatable bonds is 4. The second-order valence-electron chi connectivity index (χ2n) is 4.69. The molecule has 1 heterocycles. The van der Waals surface area contributed by atoms with E-state index < -0.39 is 6.10 Å². The number of hydrogen-bond donors (Lipinski definition) is 1. The molecule has 0 spiro atoms. The van der Waals surface area contributed by atoms with E-state index in [-0.39, 0.29) is 6.10 Å². The molecule has 1 unspecified atom stereocenters. The number of benzene rings is 1. The van der Waals surface area contributed by atoms with Crippen molar-refractivity contribution in [2.24, 2.45) is 0 Å². The number of aromatic nitrogens is 1. The molecule has 0 fully saturated rings. The van der Waals surface area contributed by atoms with Gasteiger partial charge in [-0.25, -0.2) is 0 Å². The first kappa shape index (κ1) is 15.7. The molecule has 1 aromatic heterocycles. The minimum absolute atomic E-state index is 0.0774. The van der Waals surface area contributed by atoms with Gasteiger partial charge in [-0.05, 0) is 60.7 Å². The van der Waals surface area contributed by atoms with Crippen LogP contribution >= 0.6 is 38.5 Å². The zero-order chi connectivity index (χ0) is 14.7. The maximum atomic E-state index is 10.5. The van der Waals surface area contributed by atoms with Crippen LogP contribution in [0.15, 0.2) is 41.1 Å². The lowest BCUT2D eigenvalue weighted by Crippen LogP contribution is -2.07. The molecule has 106 valence electrons. The van der Waals surface area contributed by atoms with Crippen molar-refractivity contribution < 1.29 is 9.84 Å². The van der Waals surface area contributed by atoms with Crippen molar-refractivity contribution in [3.05, 3.63) is 55.8 Å². The predicted octanol–water partition coefficient (Wildman–Crippen LogP) is 4.32. The third-order valence-corrected chi connectivity index (χ3v) is 4.07. The molecule has 1 N–H and O–H groups in total. The lowest BCUT2D eigenvalue weighted by molar-refractivity contribution is 0.215. The number of nitrogens with zero attached hydrogens (tertiary/aromatic N) is 1. The largest absolute Gasteiger partial charge is 0.489 e. The number of halogens is 2. The van der Waals surface area contributed by atoms with Gasteiger partial charge in [-0.15, -0.1) is 0 Å². The van der Waals surface area contributed by atoms with Gasteiger partial charge in [-0.1, -0.05) is 15.9 Å². The van der Waals surface area contributed by atoms with Gasteiger partial charge in [-0.3, -0.25) is 4.98 Å². The van der Waals surface area contributed by atoms with E-state index >= 15 is 0 Å². The van der Waals surface area contributed by atoms with Crippen LogP contribution in [0.1, 0.15) is 31.1 Å². The molecule has 0 amide bonds. The molecule has 20 heavy (non-hydrogen) atoms. The summed E-state index contributed by atoms with van der Waals surface area (Å²) >= 11 is 5.70. The standard InChI is InChI=1S/C15H15BrINO2/c1-9(2)20-12-5-10(7-18-8-12)15(19)13-6-11(17)3-4-14(13)16/h3-9,15,19H,1-2H3. The molecule has 1 aromatic carbocycles. The minimum atomic E-state index is -0.734. The van der Waals surface area contributed by atoms with Crippen molar-refractivity contribution >= 4 is 38.5 Å². The van der Waals surface area contributed by atoms with Crippen LogP contribution < -0.4 is 4.74 Å². The number of ether oxygens (including phenoxy) is 1. The molecule has 2 rings (SSSR count). The number of hydrogen-bond acceptors (Lipinski definition) is 3. The van der Waals surface area contributed by atoms with E-state index in [1.54, 1.807) is 12.4 Å². The number of aliphatic hydroxyl groups excluding tert-OH is 1. The van der Waals surface area contributed by atoms with Crippen molar-refractivity contribution in [2.45, 2.75) is 26.1 Å². The zero-order valence-corrected chi connectivity index (χ0v) is 14.9. The summed E-state index contributed by atoms with van der Waals surface area (Å²) in [6, 6.07) is 7.69. The van der Waals surface area contributed by atoms with Gasteiger partial charge in [0.2, 0.25) is 0 Å². The molecule has 1 atom stereocenters. The molecule has 3 nitrogen and oxygen atoms in total. The van der Waals surface area contributed by atoms with E-state index in [9.17, 15) is 5.11 Å². The van der Waals surface area contributed by atoms with Gasteiger partial charge >= 0.3 is 0 Å². The van der Waals surface area contributed by atoms with Crippen LogP contribution in [0.25, 0.3) is 0 Å². The molecule has 0 saturated heterocycles. The second-order valence-corrected chi connectivity index (χ2v) is 6.79. The van der Waals surface area contributed by atoms with Crippen LogP contribution in [0.5, 0.6) is 5.75 Å². The Bertz CT molecular complexity index is 604. The second kappa shape index (κ2) is 6.87. The molecule has 0 bridgehead atoms. The molecule has 0 saturated carbocycles. The van der Waals surface area contributed by atoms with Crippen LogP contribution in [0.3, 0.4) is 0 Å². The summed E-state index contributed by atoms with van der Waals surface area (Å²) in [4.78, 5) is 4.13. The Morgan fingerprint density at radius 2 is 2.00 bits per heavy atom. The topological polar surface area (TPSA) is 42.4 Å².